The first-order valence-electron chi connectivity index (χ1n) is 9.36. The summed E-state index contributed by atoms with van der Waals surface area (Å²) in [5, 5.41) is 0. The Morgan fingerprint density at radius 3 is 2.70 bits per heavy atom. The number of nitrogens with zero attached hydrogens (tertiary/aromatic N) is 1. The van der Waals surface area contributed by atoms with Crippen LogP contribution in [0.2, 0.25) is 0 Å². The predicted octanol–water partition coefficient (Wildman–Crippen LogP) is 4.03. The van der Waals surface area contributed by atoms with Crippen molar-refractivity contribution in [2.45, 2.75) is 39.3 Å². The Hall–Kier alpha value is -2.40. The molecule has 0 N–H and O–H groups in total. The highest BCUT2D eigenvalue weighted by Crippen LogP contribution is 2.21. The molecule has 3 rings (SSSR count). The van der Waals surface area contributed by atoms with E-state index in [0.717, 1.165) is 41.9 Å². The summed E-state index contributed by atoms with van der Waals surface area (Å²) in [5.74, 6) is 0.340. The van der Waals surface area contributed by atoms with Crippen molar-refractivity contribution < 1.29 is 18.7 Å². The van der Waals surface area contributed by atoms with Crippen LogP contribution in [-0.4, -0.2) is 36.7 Å². The summed E-state index contributed by atoms with van der Waals surface area (Å²) in [6, 6.07) is 12.0. The summed E-state index contributed by atoms with van der Waals surface area (Å²) in [4.78, 5) is 14.6. The number of carbonyl (C=O) groups is 1. The average Bonchev–Trinajstić information content (AvgIpc) is 3.17. The zero-order valence-electron chi connectivity index (χ0n) is 15.9. The number of benzene rings is 2. The summed E-state index contributed by atoms with van der Waals surface area (Å²) in [7, 11) is 0. The van der Waals surface area contributed by atoms with E-state index in [1.807, 2.05) is 32.0 Å². The zero-order valence-corrected chi connectivity index (χ0v) is 15.9. The Morgan fingerprint density at radius 1 is 1.22 bits per heavy atom. The van der Waals surface area contributed by atoms with Gasteiger partial charge in [-0.2, -0.15) is 0 Å². The highest BCUT2D eigenvalue weighted by molar-refractivity contribution is 5.78. The molecule has 1 heterocycles. The molecule has 0 spiro atoms. The van der Waals surface area contributed by atoms with Gasteiger partial charge in [0.05, 0.1) is 6.10 Å². The Kier molecular flexibility index (Phi) is 6.45. The van der Waals surface area contributed by atoms with Crippen LogP contribution in [-0.2, 0) is 16.1 Å². The van der Waals surface area contributed by atoms with Crippen LogP contribution in [0.5, 0.6) is 5.75 Å². The lowest BCUT2D eigenvalue weighted by Crippen LogP contribution is -2.39. The van der Waals surface area contributed by atoms with Gasteiger partial charge in [-0.1, -0.05) is 24.3 Å². The molecule has 0 aromatic heterocycles. The molecule has 0 radical (unpaired) electrons. The van der Waals surface area contributed by atoms with Crippen LogP contribution < -0.4 is 4.74 Å². The molecule has 1 saturated heterocycles. The van der Waals surface area contributed by atoms with Gasteiger partial charge in [-0.05, 0) is 61.6 Å². The summed E-state index contributed by atoms with van der Waals surface area (Å²) in [5.41, 5.74) is 3.05. The second-order valence-corrected chi connectivity index (χ2v) is 7.02. The Labute approximate surface area is 159 Å². The van der Waals surface area contributed by atoms with Gasteiger partial charge >= 0.3 is 0 Å². The minimum absolute atomic E-state index is 0.0296. The van der Waals surface area contributed by atoms with Gasteiger partial charge < -0.3 is 14.4 Å². The fourth-order valence-corrected chi connectivity index (χ4v) is 3.21. The first-order valence-corrected chi connectivity index (χ1v) is 9.36. The fourth-order valence-electron chi connectivity index (χ4n) is 3.21. The van der Waals surface area contributed by atoms with E-state index in [1.54, 1.807) is 17.0 Å². The molecule has 144 valence electrons. The smallest absolute Gasteiger partial charge is 0.260 e. The summed E-state index contributed by atoms with van der Waals surface area (Å²) >= 11 is 0. The molecular formula is C22H26FNO3. The van der Waals surface area contributed by atoms with E-state index in [9.17, 15) is 9.18 Å². The van der Waals surface area contributed by atoms with Gasteiger partial charge in [0.25, 0.3) is 5.91 Å². The number of rotatable bonds is 7. The van der Waals surface area contributed by atoms with Crippen LogP contribution in [0.3, 0.4) is 0 Å². The van der Waals surface area contributed by atoms with Crippen molar-refractivity contribution in [1.29, 1.82) is 0 Å². The number of aryl methyl sites for hydroxylation is 1. The van der Waals surface area contributed by atoms with E-state index >= 15 is 0 Å². The van der Waals surface area contributed by atoms with E-state index in [-0.39, 0.29) is 24.4 Å². The molecule has 1 atom stereocenters. The van der Waals surface area contributed by atoms with Gasteiger partial charge in [-0.25, -0.2) is 4.39 Å². The number of hydrogen-bond donors (Lipinski definition) is 0. The predicted molar refractivity (Wildman–Crippen MR) is 102 cm³/mol. The molecule has 27 heavy (non-hydrogen) atoms. The minimum Gasteiger partial charge on any atom is -0.483 e. The molecular weight excluding hydrogens is 345 g/mol. The van der Waals surface area contributed by atoms with E-state index in [1.165, 1.54) is 12.1 Å². The SMILES string of the molecule is Cc1cccc(OCC(=O)N(Cc2ccc(F)cc2)CC2CCCO2)c1C. The molecule has 5 heteroatoms. The second-order valence-electron chi connectivity index (χ2n) is 7.02. The molecule has 1 unspecified atom stereocenters. The largest absolute Gasteiger partial charge is 0.483 e. The van der Waals surface area contributed by atoms with Crippen LogP contribution in [0.25, 0.3) is 0 Å². The quantitative estimate of drug-likeness (QED) is 0.738. The van der Waals surface area contributed by atoms with Crippen molar-refractivity contribution in [1.82, 2.24) is 4.90 Å². The summed E-state index contributed by atoms with van der Waals surface area (Å²) in [6.45, 7) is 5.64. The summed E-state index contributed by atoms with van der Waals surface area (Å²) in [6.07, 6.45) is 2.02. The number of ether oxygens (including phenoxy) is 2. The number of hydrogen-bond acceptors (Lipinski definition) is 3. The fraction of sp³-hybridized carbons (Fsp3) is 0.409. The third kappa shape index (κ3) is 5.30. The van der Waals surface area contributed by atoms with Crippen LogP contribution in [0, 0.1) is 19.7 Å². The molecule has 2 aromatic carbocycles. The molecule has 4 nitrogen and oxygen atoms in total. The van der Waals surface area contributed by atoms with Crippen molar-refractivity contribution in [3.05, 3.63) is 65.0 Å². The lowest BCUT2D eigenvalue weighted by atomic mass is 10.1. The Bertz CT molecular complexity index is 770. The molecule has 0 bridgehead atoms. The maximum Gasteiger partial charge on any atom is 0.260 e. The standard InChI is InChI=1S/C22H26FNO3/c1-16-5-3-7-21(17(16)2)27-15-22(25)24(14-20-6-4-12-26-20)13-18-8-10-19(23)11-9-18/h3,5,7-11,20H,4,6,12-15H2,1-2H3. The molecule has 1 amide bonds. The van der Waals surface area contributed by atoms with Crippen molar-refractivity contribution in [3.63, 3.8) is 0 Å². The van der Waals surface area contributed by atoms with Gasteiger partial charge in [-0.15, -0.1) is 0 Å². The van der Waals surface area contributed by atoms with Crippen LogP contribution in [0.4, 0.5) is 4.39 Å². The van der Waals surface area contributed by atoms with Crippen molar-refractivity contribution in [2.24, 2.45) is 0 Å². The van der Waals surface area contributed by atoms with E-state index < -0.39 is 0 Å². The molecule has 1 aliphatic heterocycles. The summed E-state index contributed by atoms with van der Waals surface area (Å²) < 4.78 is 24.7. The lowest BCUT2D eigenvalue weighted by Gasteiger charge is -2.26. The Balaban J connectivity index is 1.67. The van der Waals surface area contributed by atoms with Gasteiger partial charge in [0, 0.05) is 19.7 Å². The molecule has 2 aromatic rings. The molecule has 1 aliphatic rings. The van der Waals surface area contributed by atoms with Crippen molar-refractivity contribution >= 4 is 5.91 Å². The highest BCUT2D eigenvalue weighted by atomic mass is 19.1. The van der Waals surface area contributed by atoms with Crippen molar-refractivity contribution in [3.8, 4) is 5.75 Å². The van der Waals surface area contributed by atoms with Gasteiger partial charge in [-0.3, -0.25) is 4.79 Å². The molecule has 0 aliphatic carbocycles. The number of amides is 1. The van der Waals surface area contributed by atoms with Crippen LogP contribution in [0.15, 0.2) is 42.5 Å². The van der Waals surface area contributed by atoms with Crippen LogP contribution >= 0.6 is 0 Å². The maximum absolute atomic E-state index is 13.2. The maximum atomic E-state index is 13.2. The third-order valence-electron chi connectivity index (χ3n) is 4.99. The normalized spacial score (nSPS) is 16.3. The lowest BCUT2D eigenvalue weighted by molar-refractivity contribution is -0.135. The highest BCUT2D eigenvalue weighted by Gasteiger charge is 2.23. The van der Waals surface area contributed by atoms with E-state index in [0.29, 0.717) is 13.1 Å². The zero-order chi connectivity index (χ0) is 19.2. The number of halogens is 1. The first kappa shape index (κ1) is 19.4. The van der Waals surface area contributed by atoms with Gasteiger partial charge in [0.2, 0.25) is 0 Å². The monoisotopic (exact) mass is 371 g/mol. The Morgan fingerprint density at radius 2 is 2.00 bits per heavy atom. The average molecular weight is 371 g/mol. The van der Waals surface area contributed by atoms with E-state index in [2.05, 4.69) is 0 Å². The minimum atomic E-state index is -0.283. The third-order valence-corrected chi connectivity index (χ3v) is 4.99. The van der Waals surface area contributed by atoms with Crippen LogP contribution in [0.1, 0.15) is 29.5 Å². The van der Waals surface area contributed by atoms with Gasteiger partial charge in [0.15, 0.2) is 6.61 Å². The topological polar surface area (TPSA) is 38.8 Å². The van der Waals surface area contributed by atoms with Crippen molar-refractivity contribution in [2.75, 3.05) is 19.8 Å². The molecule has 1 fully saturated rings. The molecule has 0 saturated carbocycles. The number of carbonyl (C=O) groups excluding carboxylic acids is 1. The second kappa shape index (κ2) is 9.00. The first-order chi connectivity index (χ1) is 13.0. The van der Waals surface area contributed by atoms with Gasteiger partial charge in [0.1, 0.15) is 11.6 Å². The van der Waals surface area contributed by atoms with E-state index in [4.69, 9.17) is 9.47 Å².